The molecule has 1 aromatic carbocycles. The fourth-order valence-corrected chi connectivity index (χ4v) is 3.17. The van der Waals surface area contributed by atoms with Crippen molar-refractivity contribution in [2.45, 2.75) is 44.2 Å². The van der Waals surface area contributed by atoms with Crippen molar-refractivity contribution in [1.29, 1.82) is 0 Å². The van der Waals surface area contributed by atoms with Crippen molar-refractivity contribution in [1.82, 2.24) is 10.2 Å². The van der Waals surface area contributed by atoms with Gasteiger partial charge in [-0.15, -0.1) is 0 Å². The molecule has 2 heteroatoms. The summed E-state index contributed by atoms with van der Waals surface area (Å²) in [5.74, 6) is 0.872. The molecular formula is C16H24N2. The number of hydrogen-bond acceptors (Lipinski definition) is 2. The Kier molecular flexibility index (Phi) is 3.67. The molecule has 0 spiro atoms. The molecule has 1 aromatic rings. The van der Waals surface area contributed by atoms with Gasteiger partial charge in [0.2, 0.25) is 0 Å². The second-order valence-electron chi connectivity index (χ2n) is 5.84. The normalized spacial score (nSPS) is 24.6. The molecule has 1 heterocycles. The molecule has 0 radical (unpaired) electrons. The minimum atomic E-state index is 0.736. The molecule has 1 aliphatic heterocycles. The van der Waals surface area contributed by atoms with Crippen LogP contribution < -0.4 is 5.32 Å². The number of likely N-dealkylation sites (N-methyl/N-ethyl adjacent to an activating group) is 1. The zero-order valence-electron chi connectivity index (χ0n) is 11.4. The third-order valence-corrected chi connectivity index (χ3v) is 4.32. The average Bonchev–Trinajstić information content (AvgIpc) is 3.15. The van der Waals surface area contributed by atoms with Gasteiger partial charge in [-0.25, -0.2) is 0 Å². The van der Waals surface area contributed by atoms with Crippen molar-refractivity contribution >= 4 is 0 Å². The van der Waals surface area contributed by atoms with Crippen molar-refractivity contribution in [2.75, 3.05) is 20.1 Å². The van der Waals surface area contributed by atoms with E-state index in [-0.39, 0.29) is 0 Å². The van der Waals surface area contributed by atoms with E-state index in [4.69, 9.17) is 0 Å². The van der Waals surface area contributed by atoms with Crippen LogP contribution in [0.4, 0.5) is 0 Å². The van der Waals surface area contributed by atoms with Crippen LogP contribution in [0.25, 0.3) is 0 Å². The van der Waals surface area contributed by atoms with Gasteiger partial charge < -0.3 is 5.32 Å². The number of nitrogens with one attached hydrogen (secondary N) is 1. The SMILES string of the molecule is CNCC1CCCN1Cc1cccc(C2CC2)c1. The summed E-state index contributed by atoms with van der Waals surface area (Å²) < 4.78 is 0. The highest BCUT2D eigenvalue weighted by Crippen LogP contribution is 2.40. The van der Waals surface area contributed by atoms with Crippen LogP contribution in [-0.4, -0.2) is 31.1 Å². The van der Waals surface area contributed by atoms with Gasteiger partial charge >= 0.3 is 0 Å². The average molecular weight is 244 g/mol. The smallest absolute Gasteiger partial charge is 0.0237 e. The van der Waals surface area contributed by atoms with Crippen molar-refractivity contribution in [3.63, 3.8) is 0 Å². The first-order valence-corrected chi connectivity index (χ1v) is 7.34. The van der Waals surface area contributed by atoms with Crippen LogP contribution in [0.1, 0.15) is 42.7 Å². The lowest BCUT2D eigenvalue weighted by atomic mass is 10.1. The highest BCUT2D eigenvalue weighted by molar-refractivity contribution is 5.29. The minimum Gasteiger partial charge on any atom is -0.318 e. The summed E-state index contributed by atoms with van der Waals surface area (Å²) in [5.41, 5.74) is 3.07. The second-order valence-corrected chi connectivity index (χ2v) is 5.84. The van der Waals surface area contributed by atoms with Gasteiger partial charge in [0.1, 0.15) is 0 Å². The number of benzene rings is 1. The van der Waals surface area contributed by atoms with Crippen molar-refractivity contribution in [3.05, 3.63) is 35.4 Å². The van der Waals surface area contributed by atoms with Crippen LogP contribution in [0.5, 0.6) is 0 Å². The van der Waals surface area contributed by atoms with Crippen LogP contribution in [0, 0.1) is 0 Å². The van der Waals surface area contributed by atoms with Crippen molar-refractivity contribution < 1.29 is 0 Å². The van der Waals surface area contributed by atoms with E-state index in [1.165, 1.54) is 37.8 Å². The zero-order valence-corrected chi connectivity index (χ0v) is 11.4. The van der Waals surface area contributed by atoms with Crippen LogP contribution >= 0.6 is 0 Å². The molecule has 98 valence electrons. The fourth-order valence-electron chi connectivity index (χ4n) is 3.17. The Bertz CT molecular complexity index is 398. The van der Waals surface area contributed by atoms with Gasteiger partial charge in [0.05, 0.1) is 0 Å². The molecule has 3 rings (SSSR count). The van der Waals surface area contributed by atoms with Gasteiger partial charge in [0.15, 0.2) is 0 Å². The summed E-state index contributed by atoms with van der Waals surface area (Å²) in [7, 11) is 2.06. The van der Waals surface area contributed by atoms with Gasteiger partial charge in [0, 0.05) is 19.1 Å². The monoisotopic (exact) mass is 244 g/mol. The summed E-state index contributed by atoms with van der Waals surface area (Å²) in [5, 5.41) is 3.32. The maximum Gasteiger partial charge on any atom is 0.0237 e. The highest BCUT2D eigenvalue weighted by Gasteiger charge is 2.25. The topological polar surface area (TPSA) is 15.3 Å². The molecule has 1 aliphatic carbocycles. The molecule has 2 nitrogen and oxygen atoms in total. The van der Waals surface area contributed by atoms with E-state index in [2.05, 4.69) is 41.5 Å². The van der Waals surface area contributed by atoms with Crippen LogP contribution in [0.3, 0.4) is 0 Å². The third-order valence-electron chi connectivity index (χ3n) is 4.32. The summed E-state index contributed by atoms with van der Waals surface area (Å²) in [4.78, 5) is 2.64. The predicted molar refractivity (Wildman–Crippen MR) is 75.8 cm³/mol. The number of likely N-dealkylation sites (tertiary alicyclic amines) is 1. The molecular weight excluding hydrogens is 220 g/mol. The molecule has 1 saturated heterocycles. The molecule has 0 bridgehead atoms. The van der Waals surface area contributed by atoms with E-state index in [0.29, 0.717) is 0 Å². The molecule has 1 N–H and O–H groups in total. The Hall–Kier alpha value is -0.860. The first kappa shape index (κ1) is 12.2. The van der Waals surface area contributed by atoms with E-state index in [0.717, 1.165) is 25.0 Å². The molecule has 2 fully saturated rings. The quantitative estimate of drug-likeness (QED) is 0.857. The second kappa shape index (κ2) is 5.41. The molecule has 2 aliphatic rings. The van der Waals surface area contributed by atoms with E-state index in [1.54, 1.807) is 5.56 Å². The lowest BCUT2D eigenvalue weighted by Gasteiger charge is -2.24. The molecule has 1 saturated carbocycles. The molecule has 0 amide bonds. The first-order chi connectivity index (χ1) is 8.86. The Morgan fingerprint density at radius 3 is 2.94 bits per heavy atom. The fraction of sp³-hybridized carbons (Fsp3) is 0.625. The minimum absolute atomic E-state index is 0.736. The zero-order chi connectivity index (χ0) is 12.4. The Labute approximate surface area is 110 Å². The summed E-state index contributed by atoms with van der Waals surface area (Å²) in [6.45, 7) is 3.52. The highest BCUT2D eigenvalue weighted by atomic mass is 15.2. The summed E-state index contributed by atoms with van der Waals surface area (Å²) in [6.07, 6.45) is 5.50. The summed E-state index contributed by atoms with van der Waals surface area (Å²) in [6, 6.07) is 10.0. The van der Waals surface area contributed by atoms with E-state index in [9.17, 15) is 0 Å². The van der Waals surface area contributed by atoms with E-state index < -0.39 is 0 Å². The summed E-state index contributed by atoms with van der Waals surface area (Å²) >= 11 is 0. The van der Waals surface area contributed by atoms with Gasteiger partial charge in [-0.3, -0.25) is 4.90 Å². The predicted octanol–water partition coefficient (Wildman–Crippen LogP) is 2.75. The number of rotatable bonds is 5. The third kappa shape index (κ3) is 2.76. The maximum absolute atomic E-state index is 3.32. The van der Waals surface area contributed by atoms with E-state index in [1.807, 2.05) is 0 Å². The first-order valence-electron chi connectivity index (χ1n) is 7.34. The van der Waals surface area contributed by atoms with E-state index >= 15 is 0 Å². The maximum atomic E-state index is 3.32. The van der Waals surface area contributed by atoms with Crippen LogP contribution in [-0.2, 0) is 6.54 Å². The van der Waals surface area contributed by atoms with Gasteiger partial charge in [0.25, 0.3) is 0 Å². The van der Waals surface area contributed by atoms with Crippen molar-refractivity contribution in [3.8, 4) is 0 Å². The molecule has 1 atom stereocenters. The molecule has 1 unspecified atom stereocenters. The van der Waals surface area contributed by atoms with Crippen molar-refractivity contribution in [2.24, 2.45) is 0 Å². The lowest BCUT2D eigenvalue weighted by molar-refractivity contribution is 0.242. The Morgan fingerprint density at radius 2 is 2.17 bits per heavy atom. The van der Waals surface area contributed by atoms with Gasteiger partial charge in [-0.2, -0.15) is 0 Å². The van der Waals surface area contributed by atoms with Gasteiger partial charge in [-0.1, -0.05) is 24.3 Å². The number of nitrogens with zero attached hydrogens (tertiary/aromatic N) is 1. The van der Waals surface area contributed by atoms with Crippen LogP contribution in [0.2, 0.25) is 0 Å². The molecule has 0 aromatic heterocycles. The Balaban J connectivity index is 1.65. The number of hydrogen-bond donors (Lipinski definition) is 1. The molecule has 18 heavy (non-hydrogen) atoms. The van der Waals surface area contributed by atoms with Gasteiger partial charge in [-0.05, 0) is 56.3 Å². The Morgan fingerprint density at radius 1 is 1.28 bits per heavy atom. The lowest BCUT2D eigenvalue weighted by Crippen LogP contribution is -2.36. The standard InChI is InChI=1S/C16H24N2/c1-17-11-16-6-3-9-18(16)12-13-4-2-5-15(10-13)14-7-8-14/h2,4-5,10,14,16-17H,3,6-9,11-12H2,1H3. The van der Waals surface area contributed by atoms with Crippen LogP contribution in [0.15, 0.2) is 24.3 Å². The largest absolute Gasteiger partial charge is 0.318 e.